The lowest BCUT2D eigenvalue weighted by Gasteiger charge is -2.29. The van der Waals surface area contributed by atoms with E-state index in [1.165, 1.54) is 44.0 Å². The lowest BCUT2D eigenvalue weighted by atomic mass is 10.1. The van der Waals surface area contributed by atoms with Crippen molar-refractivity contribution in [1.82, 2.24) is 15.2 Å². The molecular weight excluding hydrogens is 306 g/mol. The van der Waals surface area contributed by atoms with E-state index in [-0.39, 0.29) is 17.5 Å². The molecule has 0 aromatic carbocycles. The second kappa shape index (κ2) is 7.97. The molecule has 1 aliphatic rings. The number of aromatic nitrogens is 1. The first-order valence-corrected chi connectivity index (χ1v) is 8.48. The monoisotopic (exact) mass is 329 g/mol. The van der Waals surface area contributed by atoms with Crippen LogP contribution in [0.2, 0.25) is 0 Å². The molecular formula is C18H23N3O3. The number of nitrogens with one attached hydrogen (secondary N) is 2. The highest BCUT2D eigenvalue weighted by molar-refractivity contribution is 5.93. The maximum Gasteiger partial charge on any atom is 0.252 e. The summed E-state index contributed by atoms with van der Waals surface area (Å²) in [6.45, 7) is 2.51. The van der Waals surface area contributed by atoms with Gasteiger partial charge in [0.15, 0.2) is 0 Å². The van der Waals surface area contributed by atoms with Crippen molar-refractivity contribution in [3.05, 3.63) is 58.4 Å². The predicted molar refractivity (Wildman–Crippen MR) is 90.9 cm³/mol. The third-order valence-electron chi connectivity index (χ3n) is 4.46. The molecule has 0 spiro atoms. The van der Waals surface area contributed by atoms with Gasteiger partial charge in [0.05, 0.1) is 17.9 Å². The fraction of sp³-hybridized carbons (Fsp3) is 0.444. The van der Waals surface area contributed by atoms with Gasteiger partial charge in [0.2, 0.25) is 5.56 Å². The molecule has 6 nitrogen and oxygen atoms in total. The first-order valence-electron chi connectivity index (χ1n) is 8.48. The van der Waals surface area contributed by atoms with Gasteiger partial charge in [0.1, 0.15) is 5.76 Å². The van der Waals surface area contributed by atoms with Crippen molar-refractivity contribution < 1.29 is 9.21 Å². The number of aromatic amines is 1. The Kier molecular flexibility index (Phi) is 5.48. The first-order chi connectivity index (χ1) is 11.7. The Bertz CT molecular complexity index is 680. The van der Waals surface area contributed by atoms with Gasteiger partial charge >= 0.3 is 0 Å². The fourth-order valence-electron chi connectivity index (χ4n) is 3.14. The van der Waals surface area contributed by atoms with E-state index in [2.05, 4.69) is 15.2 Å². The highest BCUT2D eigenvalue weighted by Crippen LogP contribution is 2.24. The van der Waals surface area contributed by atoms with Crippen LogP contribution in [0.3, 0.4) is 0 Å². The van der Waals surface area contributed by atoms with Crippen LogP contribution in [0, 0.1) is 0 Å². The SMILES string of the molecule is O=C(NCC(c1ccco1)N1CCCCCC1)c1ccc(=O)[nH]c1. The summed E-state index contributed by atoms with van der Waals surface area (Å²) in [6.07, 6.45) is 7.96. The number of likely N-dealkylation sites (tertiary alicyclic amines) is 1. The van der Waals surface area contributed by atoms with Gasteiger partial charge in [-0.3, -0.25) is 14.5 Å². The van der Waals surface area contributed by atoms with Gasteiger partial charge in [0.25, 0.3) is 5.91 Å². The second-order valence-corrected chi connectivity index (χ2v) is 6.13. The van der Waals surface area contributed by atoms with Crippen molar-refractivity contribution in [3.8, 4) is 0 Å². The van der Waals surface area contributed by atoms with Crippen LogP contribution in [0.1, 0.15) is 47.8 Å². The highest BCUT2D eigenvalue weighted by atomic mass is 16.3. The van der Waals surface area contributed by atoms with E-state index in [4.69, 9.17) is 4.42 Å². The number of nitrogens with zero attached hydrogens (tertiary/aromatic N) is 1. The topological polar surface area (TPSA) is 78.3 Å². The zero-order chi connectivity index (χ0) is 16.8. The molecule has 128 valence electrons. The lowest BCUT2D eigenvalue weighted by molar-refractivity contribution is 0.0927. The molecule has 1 saturated heterocycles. The molecule has 2 aromatic rings. The molecule has 0 bridgehead atoms. The summed E-state index contributed by atoms with van der Waals surface area (Å²) in [6, 6.07) is 6.76. The van der Waals surface area contributed by atoms with Crippen LogP contribution in [0.5, 0.6) is 0 Å². The van der Waals surface area contributed by atoms with E-state index >= 15 is 0 Å². The molecule has 24 heavy (non-hydrogen) atoms. The molecule has 3 heterocycles. The zero-order valence-electron chi connectivity index (χ0n) is 13.7. The van der Waals surface area contributed by atoms with Gasteiger partial charge in [0, 0.05) is 18.8 Å². The molecule has 2 N–H and O–H groups in total. The Labute approximate surface area is 140 Å². The number of amides is 1. The number of furan rings is 1. The molecule has 1 fully saturated rings. The van der Waals surface area contributed by atoms with E-state index < -0.39 is 0 Å². The summed E-state index contributed by atoms with van der Waals surface area (Å²) in [5.41, 5.74) is 0.230. The third-order valence-corrected chi connectivity index (χ3v) is 4.46. The minimum atomic E-state index is -0.218. The van der Waals surface area contributed by atoms with Gasteiger partial charge in [-0.05, 0) is 44.1 Å². The quantitative estimate of drug-likeness (QED) is 0.882. The van der Waals surface area contributed by atoms with Crippen LogP contribution in [0.4, 0.5) is 0 Å². The summed E-state index contributed by atoms with van der Waals surface area (Å²) in [5, 5.41) is 2.96. The number of carbonyl (C=O) groups is 1. The Morgan fingerprint density at radius 1 is 1.21 bits per heavy atom. The van der Waals surface area contributed by atoms with Crippen molar-refractivity contribution in [2.75, 3.05) is 19.6 Å². The van der Waals surface area contributed by atoms with Gasteiger partial charge in [-0.25, -0.2) is 0 Å². The lowest BCUT2D eigenvalue weighted by Crippen LogP contribution is -2.38. The number of carbonyl (C=O) groups excluding carboxylic acids is 1. The van der Waals surface area contributed by atoms with Crippen LogP contribution in [0.15, 0.2) is 45.9 Å². The van der Waals surface area contributed by atoms with Gasteiger partial charge in [-0.1, -0.05) is 12.8 Å². The number of rotatable bonds is 5. The van der Waals surface area contributed by atoms with Crippen LogP contribution in [-0.4, -0.2) is 35.4 Å². The second-order valence-electron chi connectivity index (χ2n) is 6.13. The summed E-state index contributed by atoms with van der Waals surface area (Å²) < 4.78 is 5.60. The Morgan fingerprint density at radius 2 is 2.00 bits per heavy atom. The number of H-pyrrole nitrogens is 1. The van der Waals surface area contributed by atoms with Crippen LogP contribution >= 0.6 is 0 Å². The Balaban J connectivity index is 1.68. The largest absolute Gasteiger partial charge is 0.468 e. The highest BCUT2D eigenvalue weighted by Gasteiger charge is 2.24. The van der Waals surface area contributed by atoms with E-state index in [1.807, 2.05) is 12.1 Å². The van der Waals surface area contributed by atoms with E-state index in [0.29, 0.717) is 12.1 Å². The van der Waals surface area contributed by atoms with E-state index in [1.54, 1.807) is 6.26 Å². The molecule has 1 unspecified atom stereocenters. The van der Waals surface area contributed by atoms with E-state index in [9.17, 15) is 9.59 Å². The maximum atomic E-state index is 12.3. The molecule has 6 heteroatoms. The normalized spacial score (nSPS) is 17.2. The zero-order valence-corrected chi connectivity index (χ0v) is 13.7. The molecule has 2 aromatic heterocycles. The van der Waals surface area contributed by atoms with Crippen LogP contribution in [-0.2, 0) is 0 Å². The van der Waals surface area contributed by atoms with Crippen molar-refractivity contribution >= 4 is 5.91 Å². The maximum absolute atomic E-state index is 12.3. The molecule has 3 rings (SSSR count). The van der Waals surface area contributed by atoms with Gasteiger partial charge < -0.3 is 14.7 Å². The number of hydrogen-bond donors (Lipinski definition) is 2. The molecule has 0 radical (unpaired) electrons. The summed E-state index contributed by atoms with van der Waals surface area (Å²) in [4.78, 5) is 28.3. The van der Waals surface area contributed by atoms with Crippen molar-refractivity contribution in [2.24, 2.45) is 0 Å². The van der Waals surface area contributed by atoms with Crippen LogP contribution < -0.4 is 10.9 Å². The summed E-state index contributed by atoms with van der Waals surface area (Å²) >= 11 is 0. The van der Waals surface area contributed by atoms with Crippen molar-refractivity contribution in [2.45, 2.75) is 31.7 Å². The van der Waals surface area contributed by atoms with Gasteiger partial charge in [-0.2, -0.15) is 0 Å². The Morgan fingerprint density at radius 3 is 2.62 bits per heavy atom. The summed E-state index contributed by atoms with van der Waals surface area (Å²) in [7, 11) is 0. The standard InChI is InChI=1S/C18H23N3O3/c22-17-8-7-14(12-19-17)18(23)20-13-15(16-6-5-11-24-16)21-9-3-1-2-4-10-21/h5-8,11-12,15H,1-4,9-10,13H2,(H,19,22)(H,20,23). The smallest absolute Gasteiger partial charge is 0.252 e. The van der Waals surface area contributed by atoms with Crippen molar-refractivity contribution in [3.63, 3.8) is 0 Å². The van der Waals surface area contributed by atoms with Gasteiger partial charge in [-0.15, -0.1) is 0 Å². The molecule has 1 amide bonds. The number of pyridine rings is 1. The molecule has 1 aliphatic heterocycles. The number of hydrogen-bond acceptors (Lipinski definition) is 4. The van der Waals surface area contributed by atoms with Crippen molar-refractivity contribution in [1.29, 1.82) is 0 Å². The Hall–Kier alpha value is -2.34. The molecule has 0 aliphatic carbocycles. The summed E-state index contributed by atoms with van der Waals surface area (Å²) in [5.74, 6) is 0.677. The van der Waals surface area contributed by atoms with Crippen LogP contribution in [0.25, 0.3) is 0 Å². The predicted octanol–water partition coefficient (Wildman–Crippen LogP) is 2.32. The fourth-order valence-corrected chi connectivity index (χ4v) is 3.14. The minimum Gasteiger partial charge on any atom is -0.468 e. The third kappa shape index (κ3) is 4.14. The van der Waals surface area contributed by atoms with E-state index in [0.717, 1.165) is 18.8 Å². The minimum absolute atomic E-state index is 0.0322. The average Bonchev–Trinajstić information content (AvgIpc) is 2.98. The molecule has 0 saturated carbocycles. The molecule has 1 atom stereocenters. The average molecular weight is 329 g/mol. The first kappa shape index (κ1) is 16.5.